The number of hydrogen-bond donors (Lipinski definition) is 1. The zero-order chi connectivity index (χ0) is 14.3. The van der Waals surface area contributed by atoms with Gasteiger partial charge in [-0.3, -0.25) is 4.90 Å². The van der Waals surface area contributed by atoms with Crippen LogP contribution in [0.5, 0.6) is 0 Å². The zero-order valence-electron chi connectivity index (χ0n) is 12.8. The smallest absolute Gasteiger partial charge is 0.0558 e. The first kappa shape index (κ1) is 13.9. The highest BCUT2D eigenvalue weighted by Crippen LogP contribution is 2.35. The Balaban J connectivity index is 1.70. The van der Waals surface area contributed by atoms with Gasteiger partial charge in [0.05, 0.1) is 6.61 Å². The van der Waals surface area contributed by atoms with Gasteiger partial charge in [0, 0.05) is 37.4 Å². The van der Waals surface area contributed by atoms with Crippen LogP contribution in [0.3, 0.4) is 0 Å². The summed E-state index contributed by atoms with van der Waals surface area (Å²) in [5.41, 5.74) is 2.97. The first-order valence-electron chi connectivity index (χ1n) is 7.71. The summed E-state index contributed by atoms with van der Waals surface area (Å²) in [7, 11) is 0. The molecule has 2 fully saturated rings. The fourth-order valence-electron chi connectivity index (χ4n) is 3.62. The maximum absolute atomic E-state index is 9.09. The van der Waals surface area contributed by atoms with E-state index < -0.39 is 0 Å². The van der Waals surface area contributed by atoms with Crippen LogP contribution in [-0.2, 0) is 5.41 Å². The van der Waals surface area contributed by atoms with Crippen molar-refractivity contribution in [3.63, 3.8) is 0 Å². The largest absolute Gasteiger partial charge is 0.395 e. The number of piperazine rings is 1. The third-order valence-corrected chi connectivity index (χ3v) is 4.81. The van der Waals surface area contributed by atoms with Crippen molar-refractivity contribution in [2.24, 2.45) is 0 Å². The lowest BCUT2D eigenvalue weighted by atomic mass is 9.87. The Bertz CT molecular complexity index is 463. The molecule has 0 aliphatic carbocycles. The molecule has 1 aromatic rings. The molecular weight excluding hydrogens is 248 g/mol. The summed E-state index contributed by atoms with van der Waals surface area (Å²) < 4.78 is 0. The van der Waals surface area contributed by atoms with E-state index in [-0.39, 0.29) is 12.0 Å². The third kappa shape index (κ3) is 2.45. The monoisotopic (exact) mass is 274 g/mol. The molecule has 0 spiro atoms. The molecule has 2 bridgehead atoms. The second-order valence-corrected chi connectivity index (χ2v) is 7.21. The normalized spacial score (nSPS) is 26.5. The van der Waals surface area contributed by atoms with Crippen molar-refractivity contribution in [1.82, 2.24) is 4.90 Å². The number of rotatable bonds is 3. The molecule has 2 heterocycles. The van der Waals surface area contributed by atoms with Crippen LogP contribution in [-0.4, -0.2) is 48.3 Å². The van der Waals surface area contributed by atoms with Gasteiger partial charge in [-0.2, -0.15) is 0 Å². The second kappa shape index (κ2) is 5.05. The lowest BCUT2D eigenvalue weighted by Crippen LogP contribution is -2.47. The van der Waals surface area contributed by atoms with Crippen molar-refractivity contribution in [2.45, 2.75) is 44.7 Å². The zero-order valence-corrected chi connectivity index (χ0v) is 12.8. The van der Waals surface area contributed by atoms with Gasteiger partial charge in [0.15, 0.2) is 0 Å². The first-order chi connectivity index (χ1) is 9.49. The average molecular weight is 274 g/mol. The maximum atomic E-state index is 9.09. The van der Waals surface area contributed by atoms with Gasteiger partial charge >= 0.3 is 0 Å². The number of aliphatic hydroxyl groups excluding tert-OH is 1. The number of β-amino-alcohol motifs (C(OH)–C–C–N with tert-alkyl or cyclic N) is 1. The summed E-state index contributed by atoms with van der Waals surface area (Å²) in [5, 5.41) is 9.09. The van der Waals surface area contributed by atoms with Gasteiger partial charge in [0.25, 0.3) is 0 Å². The molecule has 0 amide bonds. The highest BCUT2D eigenvalue weighted by molar-refractivity contribution is 5.51. The van der Waals surface area contributed by atoms with E-state index in [0.717, 1.165) is 19.6 Å². The quantitative estimate of drug-likeness (QED) is 0.916. The summed E-state index contributed by atoms with van der Waals surface area (Å²) in [4.78, 5) is 4.98. The Hall–Kier alpha value is -1.06. The Morgan fingerprint density at radius 1 is 1.10 bits per heavy atom. The van der Waals surface area contributed by atoms with E-state index in [0.29, 0.717) is 12.1 Å². The molecule has 3 rings (SSSR count). The first-order valence-corrected chi connectivity index (χ1v) is 7.71. The minimum atomic E-state index is 0.223. The maximum Gasteiger partial charge on any atom is 0.0558 e. The van der Waals surface area contributed by atoms with Crippen LogP contribution in [0, 0.1) is 0 Å². The minimum absolute atomic E-state index is 0.223. The van der Waals surface area contributed by atoms with Crippen molar-refractivity contribution in [2.75, 3.05) is 31.1 Å². The molecule has 20 heavy (non-hydrogen) atoms. The standard InChI is InChI=1S/C17H26N2O/c1-17(2,3)13-4-6-14(7-5-13)19-12-15-10-16(19)11-18(15)8-9-20/h4-7,15-16,20H,8-12H2,1-3H3/t15-,16-/m0/s1. The van der Waals surface area contributed by atoms with Gasteiger partial charge in [-0.1, -0.05) is 32.9 Å². The lowest BCUT2D eigenvalue weighted by molar-refractivity contribution is 0.177. The molecule has 0 radical (unpaired) electrons. The third-order valence-electron chi connectivity index (χ3n) is 4.81. The number of benzene rings is 1. The molecule has 2 saturated heterocycles. The van der Waals surface area contributed by atoms with E-state index in [9.17, 15) is 0 Å². The molecule has 0 saturated carbocycles. The van der Waals surface area contributed by atoms with Crippen molar-refractivity contribution in [1.29, 1.82) is 0 Å². The van der Waals surface area contributed by atoms with Crippen LogP contribution in [0.25, 0.3) is 0 Å². The van der Waals surface area contributed by atoms with E-state index in [1.54, 1.807) is 0 Å². The van der Waals surface area contributed by atoms with Crippen LogP contribution < -0.4 is 4.90 Å². The molecule has 2 aliphatic heterocycles. The van der Waals surface area contributed by atoms with Gasteiger partial charge < -0.3 is 10.0 Å². The topological polar surface area (TPSA) is 26.7 Å². The van der Waals surface area contributed by atoms with Gasteiger partial charge in [-0.25, -0.2) is 0 Å². The fourth-order valence-corrected chi connectivity index (χ4v) is 3.62. The summed E-state index contributed by atoms with van der Waals surface area (Å²) in [5.74, 6) is 0. The van der Waals surface area contributed by atoms with Crippen LogP contribution in [0.4, 0.5) is 5.69 Å². The summed E-state index contributed by atoms with van der Waals surface area (Å²) >= 11 is 0. The van der Waals surface area contributed by atoms with Gasteiger partial charge in [-0.05, 0) is 29.5 Å². The predicted molar refractivity (Wildman–Crippen MR) is 83.3 cm³/mol. The number of hydrogen-bond acceptors (Lipinski definition) is 3. The average Bonchev–Trinajstić information content (AvgIpc) is 2.98. The van der Waals surface area contributed by atoms with Gasteiger partial charge in [0.1, 0.15) is 0 Å². The Labute approximate surface area is 122 Å². The van der Waals surface area contributed by atoms with Crippen molar-refractivity contribution < 1.29 is 5.11 Å². The number of nitrogens with zero attached hydrogens (tertiary/aromatic N) is 2. The SMILES string of the molecule is CC(C)(C)c1ccc(N2C[C@@H]3C[C@H]2CN3CCO)cc1. The lowest BCUT2D eigenvalue weighted by Gasteiger charge is -2.35. The number of likely N-dealkylation sites (tertiary alicyclic amines) is 1. The van der Waals surface area contributed by atoms with E-state index in [2.05, 4.69) is 54.8 Å². The van der Waals surface area contributed by atoms with Crippen LogP contribution in [0.15, 0.2) is 24.3 Å². The van der Waals surface area contributed by atoms with Crippen LogP contribution in [0.2, 0.25) is 0 Å². The van der Waals surface area contributed by atoms with Gasteiger partial charge in [0.2, 0.25) is 0 Å². The molecule has 0 aromatic heterocycles. The molecule has 1 aromatic carbocycles. The van der Waals surface area contributed by atoms with E-state index in [1.165, 1.54) is 17.7 Å². The highest BCUT2D eigenvalue weighted by atomic mass is 16.3. The molecule has 0 unspecified atom stereocenters. The molecular formula is C17H26N2O. The summed E-state index contributed by atoms with van der Waals surface area (Å²) in [6.45, 7) is 10.1. The molecule has 3 heteroatoms. The van der Waals surface area contributed by atoms with Crippen LogP contribution in [0.1, 0.15) is 32.8 Å². The Morgan fingerprint density at radius 3 is 2.30 bits per heavy atom. The molecule has 2 atom stereocenters. The van der Waals surface area contributed by atoms with Crippen molar-refractivity contribution in [3.8, 4) is 0 Å². The number of fused-ring (bicyclic) bond motifs is 2. The second-order valence-electron chi connectivity index (χ2n) is 7.21. The van der Waals surface area contributed by atoms with E-state index in [4.69, 9.17) is 5.11 Å². The van der Waals surface area contributed by atoms with Crippen molar-refractivity contribution in [3.05, 3.63) is 29.8 Å². The van der Waals surface area contributed by atoms with E-state index in [1.807, 2.05) is 0 Å². The Kier molecular flexibility index (Phi) is 3.51. The van der Waals surface area contributed by atoms with Crippen LogP contribution >= 0.6 is 0 Å². The number of anilines is 1. The molecule has 110 valence electrons. The minimum Gasteiger partial charge on any atom is -0.395 e. The van der Waals surface area contributed by atoms with E-state index >= 15 is 0 Å². The Morgan fingerprint density at radius 2 is 1.80 bits per heavy atom. The predicted octanol–water partition coefficient (Wildman–Crippen LogP) is 2.24. The highest BCUT2D eigenvalue weighted by Gasteiger charge is 2.42. The molecule has 2 aliphatic rings. The summed E-state index contributed by atoms with van der Waals surface area (Å²) in [6.07, 6.45) is 1.25. The fraction of sp³-hybridized carbons (Fsp3) is 0.647. The number of aliphatic hydroxyl groups is 1. The van der Waals surface area contributed by atoms with Crippen molar-refractivity contribution >= 4 is 5.69 Å². The van der Waals surface area contributed by atoms with Gasteiger partial charge in [-0.15, -0.1) is 0 Å². The molecule has 1 N–H and O–H groups in total. The molecule has 3 nitrogen and oxygen atoms in total. The summed E-state index contributed by atoms with van der Waals surface area (Å²) in [6, 6.07) is 10.4.